The Hall–Kier alpha value is -1.03. The summed E-state index contributed by atoms with van der Waals surface area (Å²) in [4.78, 5) is 1.94. The van der Waals surface area contributed by atoms with Crippen LogP contribution in [0.15, 0.2) is 12.1 Å². The summed E-state index contributed by atoms with van der Waals surface area (Å²) in [6.45, 7) is 4.54. The molecule has 0 fully saturated rings. The number of nitrogens with two attached hydrogens (primary N) is 1. The molecule has 0 radical (unpaired) electrons. The standard InChI is InChI=1S/C12H15FIN3/c1-8(2)17(5-3-4-15)12-6-9(13)10(14)7-11(12)16/h6-8H,3,5,16H2,1-2H3. The fraction of sp³-hybridized carbons (Fsp3) is 0.417. The first-order chi connectivity index (χ1) is 7.97. The predicted molar refractivity (Wildman–Crippen MR) is 76.2 cm³/mol. The van der Waals surface area contributed by atoms with Crippen LogP contribution in [0.1, 0.15) is 20.3 Å². The monoisotopic (exact) mass is 347 g/mol. The second-order valence-corrected chi connectivity index (χ2v) is 5.18. The Balaban J connectivity index is 3.10. The fourth-order valence-corrected chi connectivity index (χ4v) is 2.12. The third kappa shape index (κ3) is 3.46. The summed E-state index contributed by atoms with van der Waals surface area (Å²) in [7, 11) is 0. The summed E-state index contributed by atoms with van der Waals surface area (Å²) < 4.78 is 14.1. The zero-order chi connectivity index (χ0) is 13.0. The van der Waals surface area contributed by atoms with Gasteiger partial charge in [-0.15, -0.1) is 0 Å². The predicted octanol–water partition coefficient (Wildman–Crippen LogP) is 3.14. The van der Waals surface area contributed by atoms with Crippen molar-refractivity contribution in [1.29, 1.82) is 5.26 Å². The van der Waals surface area contributed by atoms with Gasteiger partial charge in [0, 0.05) is 18.7 Å². The van der Waals surface area contributed by atoms with E-state index in [0.717, 1.165) is 0 Å². The number of rotatable bonds is 4. The van der Waals surface area contributed by atoms with Gasteiger partial charge in [0.25, 0.3) is 0 Å². The highest BCUT2D eigenvalue weighted by molar-refractivity contribution is 14.1. The minimum Gasteiger partial charge on any atom is -0.397 e. The molecule has 0 heterocycles. The van der Waals surface area contributed by atoms with Gasteiger partial charge in [-0.1, -0.05) is 0 Å². The second kappa shape index (κ2) is 6.05. The fourth-order valence-electron chi connectivity index (χ4n) is 1.63. The largest absolute Gasteiger partial charge is 0.397 e. The Morgan fingerprint density at radius 3 is 2.71 bits per heavy atom. The van der Waals surface area contributed by atoms with E-state index in [-0.39, 0.29) is 11.9 Å². The van der Waals surface area contributed by atoms with Gasteiger partial charge >= 0.3 is 0 Å². The lowest BCUT2D eigenvalue weighted by Crippen LogP contribution is -2.32. The van der Waals surface area contributed by atoms with Crippen LogP contribution >= 0.6 is 22.6 Å². The van der Waals surface area contributed by atoms with E-state index in [4.69, 9.17) is 11.0 Å². The Kier molecular flexibility index (Phi) is 5.00. The molecular weight excluding hydrogens is 332 g/mol. The molecule has 0 aliphatic rings. The van der Waals surface area contributed by atoms with Gasteiger partial charge in [0.15, 0.2) is 0 Å². The van der Waals surface area contributed by atoms with E-state index < -0.39 is 0 Å². The van der Waals surface area contributed by atoms with Crippen LogP contribution in [0.3, 0.4) is 0 Å². The molecule has 0 saturated carbocycles. The highest BCUT2D eigenvalue weighted by Crippen LogP contribution is 2.29. The molecule has 17 heavy (non-hydrogen) atoms. The van der Waals surface area contributed by atoms with Crippen LogP contribution in [0, 0.1) is 20.7 Å². The number of hydrogen-bond acceptors (Lipinski definition) is 3. The first kappa shape index (κ1) is 14.0. The molecule has 1 aromatic carbocycles. The van der Waals surface area contributed by atoms with Gasteiger partial charge in [0.2, 0.25) is 0 Å². The van der Waals surface area contributed by atoms with Crippen molar-refractivity contribution in [3.63, 3.8) is 0 Å². The molecule has 0 saturated heterocycles. The van der Waals surface area contributed by atoms with Crippen LogP contribution in [0.2, 0.25) is 0 Å². The Labute approximate surface area is 115 Å². The molecule has 0 bridgehead atoms. The summed E-state index contributed by atoms with van der Waals surface area (Å²) in [6.07, 6.45) is 0.394. The van der Waals surface area contributed by atoms with Crippen LogP contribution in [0.4, 0.5) is 15.8 Å². The Morgan fingerprint density at radius 1 is 1.53 bits per heavy atom. The van der Waals surface area contributed by atoms with Crippen molar-refractivity contribution in [3.8, 4) is 6.07 Å². The molecule has 0 unspecified atom stereocenters. The second-order valence-electron chi connectivity index (χ2n) is 4.02. The van der Waals surface area contributed by atoms with Gasteiger partial charge in [0.1, 0.15) is 5.82 Å². The zero-order valence-corrected chi connectivity index (χ0v) is 12.0. The lowest BCUT2D eigenvalue weighted by Gasteiger charge is -2.29. The van der Waals surface area contributed by atoms with Crippen molar-refractivity contribution in [2.75, 3.05) is 17.2 Å². The number of anilines is 2. The van der Waals surface area contributed by atoms with Crippen molar-refractivity contribution >= 4 is 34.0 Å². The molecule has 92 valence electrons. The molecule has 3 nitrogen and oxygen atoms in total. The topological polar surface area (TPSA) is 53.0 Å². The summed E-state index contributed by atoms with van der Waals surface area (Å²) in [5.41, 5.74) is 7.11. The Morgan fingerprint density at radius 2 is 2.18 bits per heavy atom. The number of nitrogen functional groups attached to an aromatic ring is 1. The van der Waals surface area contributed by atoms with Crippen molar-refractivity contribution in [3.05, 3.63) is 21.5 Å². The molecule has 0 aliphatic heterocycles. The van der Waals surface area contributed by atoms with Gasteiger partial charge in [-0.05, 0) is 42.5 Å². The average Bonchev–Trinajstić information content (AvgIpc) is 2.25. The van der Waals surface area contributed by atoms with Gasteiger partial charge < -0.3 is 10.6 Å². The first-order valence-corrected chi connectivity index (χ1v) is 6.43. The Bertz CT molecular complexity index is 440. The number of halogens is 2. The molecule has 0 amide bonds. The van der Waals surface area contributed by atoms with E-state index in [1.54, 1.807) is 6.07 Å². The van der Waals surface area contributed by atoms with Crippen LogP contribution in [-0.4, -0.2) is 12.6 Å². The molecular formula is C12H15FIN3. The van der Waals surface area contributed by atoms with Crippen LogP contribution < -0.4 is 10.6 Å². The smallest absolute Gasteiger partial charge is 0.138 e. The molecule has 1 aromatic rings. The molecule has 0 spiro atoms. The molecule has 1 rings (SSSR count). The van der Waals surface area contributed by atoms with Crippen molar-refractivity contribution < 1.29 is 4.39 Å². The summed E-state index contributed by atoms with van der Waals surface area (Å²) in [5.74, 6) is -0.280. The maximum absolute atomic E-state index is 13.6. The normalized spacial score (nSPS) is 10.4. The number of nitrogens with zero attached hydrogens (tertiary/aromatic N) is 2. The first-order valence-electron chi connectivity index (χ1n) is 5.35. The zero-order valence-electron chi connectivity index (χ0n) is 9.87. The van der Waals surface area contributed by atoms with E-state index in [2.05, 4.69) is 6.07 Å². The highest BCUT2D eigenvalue weighted by Gasteiger charge is 2.15. The highest BCUT2D eigenvalue weighted by atomic mass is 127. The summed E-state index contributed by atoms with van der Waals surface area (Å²) in [6, 6.07) is 5.32. The van der Waals surface area contributed by atoms with E-state index in [1.807, 2.05) is 41.3 Å². The lowest BCUT2D eigenvalue weighted by molar-refractivity contribution is 0.616. The van der Waals surface area contributed by atoms with Crippen molar-refractivity contribution in [2.24, 2.45) is 0 Å². The van der Waals surface area contributed by atoms with Crippen molar-refractivity contribution in [1.82, 2.24) is 0 Å². The van der Waals surface area contributed by atoms with E-state index >= 15 is 0 Å². The molecule has 0 aromatic heterocycles. The van der Waals surface area contributed by atoms with Gasteiger partial charge in [0.05, 0.1) is 27.4 Å². The quantitative estimate of drug-likeness (QED) is 0.673. The third-order valence-electron chi connectivity index (χ3n) is 2.47. The summed E-state index contributed by atoms with van der Waals surface area (Å²) >= 11 is 1.91. The van der Waals surface area contributed by atoms with E-state index in [0.29, 0.717) is 27.9 Å². The lowest BCUT2D eigenvalue weighted by atomic mass is 10.2. The SMILES string of the molecule is CC(C)N(CCC#N)c1cc(F)c(I)cc1N. The molecule has 5 heteroatoms. The number of hydrogen-bond donors (Lipinski definition) is 1. The van der Waals surface area contributed by atoms with E-state index in [9.17, 15) is 4.39 Å². The van der Waals surface area contributed by atoms with Gasteiger partial charge in [-0.3, -0.25) is 0 Å². The molecule has 2 N–H and O–H groups in total. The van der Waals surface area contributed by atoms with E-state index in [1.165, 1.54) is 6.07 Å². The summed E-state index contributed by atoms with van der Waals surface area (Å²) in [5, 5.41) is 8.63. The maximum Gasteiger partial charge on any atom is 0.138 e. The van der Waals surface area contributed by atoms with Crippen LogP contribution in [0.5, 0.6) is 0 Å². The average molecular weight is 347 g/mol. The number of benzene rings is 1. The van der Waals surface area contributed by atoms with Gasteiger partial charge in [-0.25, -0.2) is 4.39 Å². The van der Waals surface area contributed by atoms with Crippen LogP contribution in [0.25, 0.3) is 0 Å². The number of nitriles is 1. The molecule has 0 aliphatic carbocycles. The third-order valence-corrected chi connectivity index (χ3v) is 3.29. The maximum atomic E-state index is 13.6. The van der Waals surface area contributed by atoms with Gasteiger partial charge in [-0.2, -0.15) is 5.26 Å². The minimum absolute atomic E-state index is 0.171. The van der Waals surface area contributed by atoms with Crippen LogP contribution in [-0.2, 0) is 0 Å². The minimum atomic E-state index is -0.280. The van der Waals surface area contributed by atoms with Crippen molar-refractivity contribution in [2.45, 2.75) is 26.3 Å². The molecule has 0 atom stereocenters.